The van der Waals surface area contributed by atoms with Crippen LogP contribution in [-0.4, -0.2) is 23.2 Å². The normalized spacial score (nSPS) is 16.4. The summed E-state index contributed by atoms with van der Waals surface area (Å²) in [5.74, 6) is -0.564. The van der Waals surface area contributed by atoms with Gasteiger partial charge in [0.1, 0.15) is 5.82 Å². The molecular formula is C12H17BFNO2. The smallest absolute Gasteiger partial charge is 0.423 e. The van der Waals surface area contributed by atoms with Gasteiger partial charge in [-0.25, -0.2) is 4.39 Å². The minimum Gasteiger partial charge on any atom is -0.423 e. The average molecular weight is 237 g/mol. The number of rotatable bonds is 4. The Morgan fingerprint density at radius 3 is 2.59 bits per heavy atom. The van der Waals surface area contributed by atoms with Crippen molar-refractivity contribution in [2.75, 3.05) is 0 Å². The average Bonchev–Trinajstić information content (AvgIpc) is 2.78. The van der Waals surface area contributed by atoms with Gasteiger partial charge in [-0.05, 0) is 24.5 Å². The van der Waals surface area contributed by atoms with Gasteiger partial charge in [0.15, 0.2) is 0 Å². The van der Waals surface area contributed by atoms with Gasteiger partial charge in [-0.1, -0.05) is 25.0 Å². The quantitative estimate of drug-likeness (QED) is 0.670. The molecule has 92 valence electrons. The summed E-state index contributed by atoms with van der Waals surface area (Å²) in [4.78, 5) is 0. The molecule has 3 N–H and O–H groups in total. The first-order valence-electron chi connectivity index (χ1n) is 6.04. The van der Waals surface area contributed by atoms with Crippen molar-refractivity contribution in [1.29, 1.82) is 0 Å². The summed E-state index contributed by atoms with van der Waals surface area (Å²) >= 11 is 0. The summed E-state index contributed by atoms with van der Waals surface area (Å²) in [5.41, 5.74) is 0.758. The maximum Gasteiger partial charge on any atom is 0.491 e. The molecule has 0 bridgehead atoms. The van der Waals surface area contributed by atoms with Gasteiger partial charge in [0, 0.05) is 18.0 Å². The highest BCUT2D eigenvalue weighted by Gasteiger charge is 2.17. The highest BCUT2D eigenvalue weighted by molar-refractivity contribution is 6.58. The van der Waals surface area contributed by atoms with Gasteiger partial charge in [0.25, 0.3) is 0 Å². The van der Waals surface area contributed by atoms with Crippen molar-refractivity contribution in [2.45, 2.75) is 38.3 Å². The summed E-state index contributed by atoms with van der Waals surface area (Å²) in [5, 5.41) is 21.2. The maximum absolute atomic E-state index is 13.5. The lowest BCUT2D eigenvalue weighted by Crippen LogP contribution is -2.33. The van der Waals surface area contributed by atoms with Gasteiger partial charge in [-0.2, -0.15) is 0 Å². The van der Waals surface area contributed by atoms with Crippen LogP contribution in [0.25, 0.3) is 0 Å². The Bertz CT molecular complexity index is 381. The van der Waals surface area contributed by atoms with Crippen LogP contribution in [0.1, 0.15) is 31.2 Å². The van der Waals surface area contributed by atoms with Crippen LogP contribution in [0.3, 0.4) is 0 Å². The van der Waals surface area contributed by atoms with E-state index in [2.05, 4.69) is 5.32 Å². The fourth-order valence-electron chi connectivity index (χ4n) is 2.28. The molecule has 0 unspecified atom stereocenters. The molecule has 1 aliphatic carbocycles. The summed E-state index contributed by atoms with van der Waals surface area (Å²) in [6.45, 7) is 0.628. The molecule has 0 saturated heterocycles. The molecule has 3 nitrogen and oxygen atoms in total. The van der Waals surface area contributed by atoms with E-state index in [-0.39, 0.29) is 5.46 Å². The van der Waals surface area contributed by atoms with E-state index in [1.165, 1.54) is 37.8 Å². The molecule has 0 aliphatic heterocycles. The topological polar surface area (TPSA) is 52.5 Å². The van der Waals surface area contributed by atoms with E-state index in [0.717, 1.165) is 5.56 Å². The Hall–Kier alpha value is -0.905. The van der Waals surface area contributed by atoms with Crippen LogP contribution < -0.4 is 10.8 Å². The second-order valence-corrected chi connectivity index (χ2v) is 4.59. The lowest BCUT2D eigenvalue weighted by molar-refractivity contribution is 0.423. The summed E-state index contributed by atoms with van der Waals surface area (Å²) < 4.78 is 13.5. The summed E-state index contributed by atoms with van der Waals surface area (Å²) in [6, 6.07) is 5.04. The van der Waals surface area contributed by atoms with Crippen molar-refractivity contribution in [1.82, 2.24) is 5.32 Å². The van der Waals surface area contributed by atoms with Crippen LogP contribution in [0.2, 0.25) is 0 Å². The molecule has 1 aliphatic rings. The molecule has 1 aromatic carbocycles. The minimum absolute atomic E-state index is 0.0744. The van der Waals surface area contributed by atoms with Gasteiger partial charge in [-0.3, -0.25) is 0 Å². The fraction of sp³-hybridized carbons (Fsp3) is 0.500. The SMILES string of the molecule is OB(O)c1ccc(CNC2CCCC2)cc1F. The van der Waals surface area contributed by atoms with Gasteiger partial charge >= 0.3 is 7.12 Å². The molecule has 1 saturated carbocycles. The molecule has 0 atom stereocenters. The third-order valence-corrected chi connectivity index (χ3v) is 3.29. The van der Waals surface area contributed by atoms with E-state index in [1.54, 1.807) is 6.07 Å². The molecule has 0 heterocycles. The van der Waals surface area contributed by atoms with E-state index < -0.39 is 12.9 Å². The number of halogens is 1. The van der Waals surface area contributed by atoms with Crippen LogP contribution >= 0.6 is 0 Å². The molecule has 0 radical (unpaired) electrons. The van der Waals surface area contributed by atoms with E-state index in [0.29, 0.717) is 12.6 Å². The van der Waals surface area contributed by atoms with Crippen molar-refractivity contribution in [2.24, 2.45) is 0 Å². The third kappa shape index (κ3) is 3.28. The first kappa shape index (κ1) is 12.5. The summed E-state index contributed by atoms with van der Waals surface area (Å²) in [7, 11) is -1.74. The Morgan fingerprint density at radius 1 is 1.29 bits per heavy atom. The van der Waals surface area contributed by atoms with Gasteiger partial charge in [0.2, 0.25) is 0 Å². The Morgan fingerprint density at radius 2 is 2.00 bits per heavy atom. The lowest BCUT2D eigenvalue weighted by Gasteiger charge is -2.12. The van der Waals surface area contributed by atoms with Crippen LogP contribution in [0, 0.1) is 5.82 Å². The van der Waals surface area contributed by atoms with Crippen molar-refractivity contribution in [3.05, 3.63) is 29.6 Å². The van der Waals surface area contributed by atoms with Crippen LogP contribution in [0.4, 0.5) is 4.39 Å². The van der Waals surface area contributed by atoms with Crippen LogP contribution in [0.15, 0.2) is 18.2 Å². The zero-order valence-electron chi connectivity index (χ0n) is 9.69. The second kappa shape index (κ2) is 5.62. The predicted octanol–water partition coefficient (Wildman–Crippen LogP) is 0.538. The number of hydrogen-bond donors (Lipinski definition) is 3. The number of benzene rings is 1. The molecular weight excluding hydrogens is 220 g/mol. The molecule has 17 heavy (non-hydrogen) atoms. The molecule has 2 rings (SSSR count). The van der Waals surface area contributed by atoms with Crippen molar-refractivity contribution < 1.29 is 14.4 Å². The number of nitrogens with one attached hydrogen (secondary N) is 1. The standard InChI is InChI=1S/C12H17BFNO2/c14-12-7-9(5-6-11(12)13(16)17)8-15-10-3-1-2-4-10/h5-7,10,15-17H,1-4,8H2. The third-order valence-electron chi connectivity index (χ3n) is 3.29. The van der Waals surface area contributed by atoms with Gasteiger partial charge < -0.3 is 15.4 Å². The highest BCUT2D eigenvalue weighted by atomic mass is 19.1. The van der Waals surface area contributed by atoms with Crippen molar-refractivity contribution in [3.63, 3.8) is 0 Å². The predicted molar refractivity (Wildman–Crippen MR) is 65.3 cm³/mol. The van der Waals surface area contributed by atoms with Crippen molar-refractivity contribution in [3.8, 4) is 0 Å². The Balaban J connectivity index is 1.94. The van der Waals surface area contributed by atoms with E-state index in [1.807, 2.05) is 0 Å². The molecule has 0 spiro atoms. The van der Waals surface area contributed by atoms with Gasteiger partial charge in [-0.15, -0.1) is 0 Å². The first-order chi connectivity index (χ1) is 8.16. The molecule has 0 amide bonds. The van der Waals surface area contributed by atoms with E-state index >= 15 is 0 Å². The Labute approximate surface area is 101 Å². The first-order valence-corrected chi connectivity index (χ1v) is 6.04. The summed E-state index contributed by atoms with van der Waals surface area (Å²) in [6.07, 6.45) is 4.91. The van der Waals surface area contributed by atoms with E-state index in [4.69, 9.17) is 10.0 Å². The van der Waals surface area contributed by atoms with E-state index in [9.17, 15) is 4.39 Å². The molecule has 5 heteroatoms. The highest BCUT2D eigenvalue weighted by Crippen LogP contribution is 2.18. The number of hydrogen-bond acceptors (Lipinski definition) is 3. The maximum atomic E-state index is 13.5. The van der Waals surface area contributed by atoms with Crippen molar-refractivity contribution >= 4 is 12.6 Å². The molecule has 1 aromatic rings. The van der Waals surface area contributed by atoms with Gasteiger partial charge in [0.05, 0.1) is 0 Å². The monoisotopic (exact) mass is 237 g/mol. The Kier molecular flexibility index (Phi) is 4.15. The zero-order valence-corrected chi connectivity index (χ0v) is 9.69. The molecule has 0 aromatic heterocycles. The lowest BCUT2D eigenvalue weighted by atomic mass is 9.79. The fourth-order valence-corrected chi connectivity index (χ4v) is 2.28. The van der Waals surface area contributed by atoms with Crippen LogP contribution in [0.5, 0.6) is 0 Å². The molecule has 1 fully saturated rings. The second-order valence-electron chi connectivity index (χ2n) is 4.59. The zero-order chi connectivity index (χ0) is 12.3. The van der Waals surface area contributed by atoms with Crippen LogP contribution in [-0.2, 0) is 6.54 Å². The largest absolute Gasteiger partial charge is 0.491 e. The minimum atomic E-state index is -1.74.